The van der Waals surface area contributed by atoms with Crippen LogP contribution >= 0.6 is 11.6 Å². The number of carbonyl (C=O) groups excluding carboxylic acids is 1. The van der Waals surface area contributed by atoms with Crippen LogP contribution in [0.2, 0.25) is 5.02 Å². The molecule has 0 bridgehead atoms. The SMILES string of the molecule is C[C@H](NC(=O)/C=C/c1cn(Cc2ccccc2)nn1)c1ccc(Cl)cc1. The van der Waals surface area contributed by atoms with Crippen LogP contribution in [0, 0.1) is 0 Å². The number of amides is 1. The van der Waals surface area contributed by atoms with Crippen molar-refractivity contribution >= 4 is 23.6 Å². The summed E-state index contributed by atoms with van der Waals surface area (Å²) in [6.07, 6.45) is 4.92. The maximum Gasteiger partial charge on any atom is 0.244 e. The van der Waals surface area contributed by atoms with E-state index in [9.17, 15) is 4.79 Å². The number of aromatic nitrogens is 3. The summed E-state index contributed by atoms with van der Waals surface area (Å²) in [5.41, 5.74) is 2.77. The first-order valence-electron chi connectivity index (χ1n) is 8.28. The van der Waals surface area contributed by atoms with Crippen molar-refractivity contribution in [3.63, 3.8) is 0 Å². The van der Waals surface area contributed by atoms with Crippen molar-refractivity contribution in [2.45, 2.75) is 19.5 Å². The van der Waals surface area contributed by atoms with Crippen LogP contribution in [0.1, 0.15) is 29.8 Å². The Balaban J connectivity index is 1.55. The number of benzene rings is 2. The lowest BCUT2D eigenvalue weighted by Crippen LogP contribution is -2.24. The molecule has 1 atom stereocenters. The van der Waals surface area contributed by atoms with Crippen LogP contribution in [-0.2, 0) is 11.3 Å². The largest absolute Gasteiger partial charge is 0.346 e. The third kappa shape index (κ3) is 5.04. The number of hydrogen-bond donors (Lipinski definition) is 1. The van der Waals surface area contributed by atoms with Gasteiger partial charge in [0, 0.05) is 11.1 Å². The molecule has 3 aromatic rings. The molecule has 0 saturated heterocycles. The minimum Gasteiger partial charge on any atom is -0.346 e. The quantitative estimate of drug-likeness (QED) is 0.674. The highest BCUT2D eigenvalue weighted by Gasteiger charge is 2.07. The number of nitrogens with zero attached hydrogens (tertiary/aromatic N) is 3. The van der Waals surface area contributed by atoms with Crippen molar-refractivity contribution in [3.8, 4) is 0 Å². The maximum absolute atomic E-state index is 12.1. The van der Waals surface area contributed by atoms with Crippen molar-refractivity contribution < 1.29 is 4.79 Å². The van der Waals surface area contributed by atoms with Crippen LogP contribution < -0.4 is 5.32 Å². The Hall–Kier alpha value is -2.92. The van der Waals surface area contributed by atoms with Crippen LogP contribution in [0.3, 0.4) is 0 Å². The second-order valence-corrected chi connectivity index (χ2v) is 6.38. The molecule has 132 valence electrons. The van der Waals surface area contributed by atoms with E-state index in [-0.39, 0.29) is 11.9 Å². The second kappa shape index (κ2) is 8.45. The van der Waals surface area contributed by atoms with E-state index >= 15 is 0 Å². The van der Waals surface area contributed by atoms with Gasteiger partial charge in [0.05, 0.1) is 18.8 Å². The van der Waals surface area contributed by atoms with Crippen LogP contribution in [0.25, 0.3) is 6.08 Å². The smallest absolute Gasteiger partial charge is 0.244 e. The molecule has 0 radical (unpaired) electrons. The average molecular weight is 367 g/mol. The van der Waals surface area contributed by atoms with Crippen molar-refractivity contribution in [2.75, 3.05) is 0 Å². The first-order chi connectivity index (χ1) is 12.6. The summed E-state index contributed by atoms with van der Waals surface area (Å²) in [5.74, 6) is -0.190. The lowest BCUT2D eigenvalue weighted by atomic mass is 10.1. The predicted octanol–water partition coefficient (Wildman–Crippen LogP) is 3.87. The fourth-order valence-electron chi connectivity index (χ4n) is 2.49. The summed E-state index contributed by atoms with van der Waals surface area (Å²) in [5, 5.41) is 11.7. The summed E-state index contributed by atoms with van der Waals surface area (Å²) in [6.45, 7) is 2.56. The number of hydrogen-bond acceptors (Lipinski definition) is 3. The van der Waals surface area contributed by atoms with Gasteiger partial charge in [-0.1, -0.05) is 59.3 Å². The molecule has 0 fully saturated rings. The second-order valence-electron chi connectivity index (χ2n) is 5.94. The molecule has 0 aliphatic heterocycles. The molecule has 1 N–H and O–H groups in total. The van der Waals surface area contributed by atoms with Gasteiger partial charge in [0.25, 0.3) is 0 Å². The fourth-order valence-corrected chi connectivity index (χ4v) is 2.62. The van der Waals surface area contributed by atoms with E-state index in [1.807, 2.05) is 49.4 Å². The molecule has 1 amide bonds. The molecule has 2 aromatic carbocycles. The topological polar surface area (TPSA) is 59.8 Å². The zero-order valence-corrected chi connectivity index (χ0v) is 15.1. The van der Waals surface area contributed by atoms with Gasteiger partial charge in [-0.2, -0.15) is 0 Å². The van der Waals surface area contributed by atoms with Crippen molar-refractivity contribution in [1.82, 2.24) is 20.3 Å². The molecule has 6 heteroatoms. The molecule has 0 spiro atoms. The molecular weight excluding hydrogens is 348 g/mol. The standard InChI is InChI=1S/C20H19ClN4O/c1-15(17-7-9-18(21)10-8-17)22-20(26)12-11-19-14-25(24-23-19)13-16-5-3-2-4-6-16/h2-12,14-15H,13H2,1H3,(H,22,26)/b12-11+/t15-/m0/s1. The molecule has 0 aliphatic rings. The van der Waals surface area contributed by atoms with Gasteiger partial charge in [0.2, 0.25) is 5.91 Å². The van der Waals surface area contributed by atoms with Gasteiger partial charge in [-0.25, -0.2) is 4.68 Å². The summed E-state index contributed by atoms with van der Waals surface area (Å²) in [7, 11) is 0. The Morgan fingerprint density at radius 2 is 1.92 bits per heavy atom. The molecule has 5 nitrogen and oxygen atoms in total. The highest BCUT2D eigenvalue weighted by atomic mass is 35.5. The molecule has 1 aromatic heterocycles. The Morgan fingerprint density at radius 3 is 2.65 bits per heavy atom. The Labute approximate surface area is 157 Å². The highest BCUT2D eigenvalue weighted by Crippen LogP contribution is 2.16. The third-order valence-electron chi connectivity index (χ3n) is 3.88. The van der Waals surface area contributed by atoms with Gasteiger partial charge >= 0.3 is 0 Å². The first-order valence-corrected chi connectivity index (χ1v) is 8.66. The zero-order valence-electron chi connectivity index (χ0n) is 14.3. The van der Waals surface area contributed by atoms with Gasteiger partial charge in [0.1, 0.15) is 5.69 Å². The number of rotatable bonds is 6. The van der Waals surface area contributed by atoms with Gasteiger partial charge in [-0.05, 0) is 36.3 Å². The summed E-state index contributed by atoms with van der Waals surface area (Å²) in [6, 6.07) is 17.3. The van der Waals surface area contributed by atoms with Crippen molar-refractivity contribution in [2.24, 2.45) is 0 Å². The van der Waals surface area contributed by atoms with Crippen molar-refractivity contribution in [3.05, 3.63) is 88.7 Å². The molecule has 1 heterocycles. The van der Waals surface area contributed by atoms with Crippen LogP contribution in [0.5, 0.6) is 0 Å². The summed E-state index contributed by atoms with van der Waals surface area (Å²) >= 11 is 5.88. The molecule has 0 unspecified atom stereocenters. The lowest BCUT2D eigenvalue weighted by molar-refractivity contribution is -0.117. The van der Waals surface area contributed by atoms with E-state index in [1.165, 1.54) is 6.08 Å². The first kappa shape index (κ1) is 17.9. The number of nitrogens with one attached hydrogen (secondary N) is 1. The van der Waals surface area contributed by atoms with Gasteiger partial charge in [-0.15, -0.1) is 5.10 Å². The van der Waals surface area contributed by atoms with Gasteiger partial charge in [0.15, 0.2) is 0 Å². The monoisotopic (exact) mass is 366 g/mol. The normalized spacial score (nSPS) is 12.2. The van der Waals surface area contributed by atoms with Gasteiger partial charge < -0.3 is 5.32 Å². The van der Waals surface area contributed by atoms with Crippen molar-refractivity contribution in [1.29, 1.82) is 0 Å². The minimum atomic E-state index is -0.190. The number of carbonyl (C=O) groups is 1. The van der Waals surface area contributed by atoms with Crippen LogP contribution in [0.15, 0.2) is 66.9 Å². The summed E-state index contributed by atoms with van der Waals surface area (Å²) < 4.78 is 1.74. The zero-order chi connectivity index (χ0) is 18.4. The third-order valence-corrected chi connectivity index (χ3v) is 4.13. The Morgan fingerprint density at radius 1 is 1.19 bits per heavy atom. The Bertz CT molecular complexity index is 888. The number of halogens is 1. The summed E-state index contributed by atoms with van der Waals surface area (Å²) in [4.78, 5) is 12.1. The predicted molar refractivity (Wildman–Crippen MR) is 103 cm³/mol. The van der Waals surface area contributed by atoms with E-state index < -0.39 is 0 Å². The molecule has 0 saturated carbocycles. The van der Waals surface area contributed by atoms with Crippen LogP contribution in [0.4, 0.5) is 0 Å². The molecule has 3 rings (SSSR count). The Kier molecular flexibility index (Phi) is 5.81. The van der Waals surface area contributed by atoms with Gasteiger partial charge in [-0.3, -0.25) is 4.79 Å². The molecule has 0 aliphatic carbocycles. The minimum absolute atomic E-state index is 0.113. The lowest BCUT2D eigenvalue weighted by Gasteiger charge is -2.12. The van der Waals surface area contributed by atoms with E-state index in [4.69, 9.17) is 11.6 Å². The van der Waals surface area contributed by atoms with Crippen LogP contribution in [-0.4, -0.2) is 20.9 Å². The molecule has 26 heavy (non-hydrogen) atoms. The molecular formula is C20H19ClN4O. The fraction of sp³-hybridized carbons (Fsp3) is 0.150. The van der Waals surface area contributed by atoms with E-state index in [0.29, 0.717) is 17.3 Å². The van der Waals surface area contributed by atoms with E-state index in [1.54, 1.807) is 29.1 Å². The average Bonchev–Trinajstić information content (AvgIpc) is 3.09. The van der Waals surface area contributed by atoms with E-state index in [2.05, 4.69) is 15.6 Å². The highest BCUT2D eigenvalue weighted by molar-refractivity contribution is 6.30. The van der Waals surface area contributed by atoms with E-state index in [0.717, 1.165) is 11.1 Å². The maximum atomic E-state index is 12.1.